The molecule has 4 heteroatoms. The number of hydrogen-bond acceptors (Lipinski definition) is 3. The largest absolute Gasteiger partial charge is 0.494 e. The van der Waals surface area contributed by atoms with Crippen LogP contribution in [0.15, 0.2) is 18.2 Å². The smallest absolute Gasteiger partial charge is 0.165 e. The van der Waals surface area contributed by atoms with Crippen molar-refractivity contribution >= 4 is 11.8 Å². The summed E-state index contributed by atoms with van der Waals surface area (Å²) in [5.41, 5.74) is 1.02. The number of rotatable bonds is 9. The van der Waals surface area contributed by atoms with Crippen molar-refractivity contribution in [1.82, 2.24) is 5.32 Å². The summed E-state index contributed by atoms with van der Waals surface area (Å²) in [5, 5.41) is 4.17. The number of ether oxygens (including phenoxy) is 1. The fourth-order valence-corrected chi connectivity index (χ4v) is 2.82. The van der Waals surface area contributed by atoms with Gasteiger partial charge < -0.3 is 10.1 Å². The third-order valence-corrected chi connectivity index (χ3v) is 4.27. The highest BCUT2D eigenvalue weighted by molar-refractivity contribution is 7.99. The molecular weight excluding hydrogens is 273 g/mol. The lowest BCUT2D eigenvalue weighted by molar-refractivity contribution is 0.386. The van der Waals surface area contributed by atoms with Gasteiger partial charge in [0, 0.05) is 11.8 Å². The van der Waals surface area contributed by atoms with E-state index in [0.717, 1.165) is 30.7 Å². The van der Waals surface area contributed by atoms with Gasteiger partial charge in [0.1, 0.15) is 0 Å². The van der Waals surface area contributed by atoms with Crippen LogP contribution in [0.1, 0.15) is 32.8 Å². The van der Waals surface area contributed by atoms with E-state index in [4.69, 9.17) is 4.74 Å². The van der Waals surface area contributed by atoms with E-state index in [1.54, 1.807) is 12.1 Å². The molecule has 0 bridgehead atoms. The zero-order chi connectivity index (χ0) is 15.0. The van der Waals surface area contributed by atoms with E-state index in [9.17, 15) is 4.39 Å². The fraction of sp³-hybridized carbons (Fsp3) is 0.625. The molecule has 0 heterocycles. The highest BCUT2D eigenvalue weighted by Gasteiger charge is 2.12. The highest BCUT2D eigenvalue weighted by atomic mass is 32.2. The number of methoxy groups -OCH3 is 1. The third-order valence-electron chi connectivity index (χ3n) is 3.01. The molecule has 2 nitrogen and oxygen atoms in total. The van der Waals surface area contributed by atoms with Crippen molar-refractivity contribution in [1.29, 1.82) is 0 Å². The molecule has 0 aromatic heterocycles. The molecule has 1 aromatic carbocycles. The summed E-state index contributed by atoms with van der Waals surface area (Å²) in [6, 6.07) is 5.62. The van der Waals surface area contributed by atoms with Crippen molar-refractivity contribution in [3.63, 3.8) is 0 Å². The maximum absolute atomic E-state index is 13.7. The Balaban J connectivity index is 2.64. The van der Waals surface area contributed by atoms with Crippen molar-refractivity contribution in [2.45, 2.75) is 44.9 Å². The number of halogens is 1. The molecule has 0 aliphatic rings. The Labute approximate surface area is 126 Å². The number of benzene rings is 1. The molecule has 0 amide bonds. The van der Waals surface area contributed by atoms with Crippen LogP contribution in [-0.2, 0) is 6.42 Å². The molecule has 0 spiro atoms. The zero-order valence-corrected chi connectivity index (χ0v) is 13.7. The van der Waals surface area contributed by atoms with Crippen molar-refractivity contribution in [3.8, 4) is 5.75 Å². The molecule has 20 heavy (non-hydrogen) atoms. The number of hydrogen-bond donors (Lipinski definition) is 1. The third kappa shape index (κ3) is 6.14. The second-order valence-corrected chi connectivity index (χ2v) is 6.82. The molecule has 1 rings (SSSR count). The lowest BCUT2D eigenvalue weighted by Crippen LogP contribution is -2.34. The Bertz CT molecular complexity index is 398. The second-order valence-electron chi connectivity index (χ2n) is 5.21. The van der Waals surface area contributed by atoms with Crippen LogP contribution >= 0.6 is 11.8 Å². The van der Waals surface area contributed by atoms with E-state index in [1.807, 2.05) is 17.8 Å². The summed E-state index contributed by atoms with van der Waals surface area (Å²) in [6.45, 7) is 7.57. The Morgan fingerprint density at radius 1 is 1.35 bits per heavy atom. The topological polar surface area (TPSA) is 21.3 Å². The van der Waals surface area contributed by atoms with Crippen molar-refractivity contribution in [2.24, 2.45) is 0 Å². The first-order chi connectivity index (χ1) is 9.56. The molecule has 1 aromatic rings. The van der Waals surface area contributed by atoms with Crippen LogP contribution in [0.5, 0.6) is 5.75 Å². The van der Waals surface area contributed by atoms with E-state index >= 15 is 0 Å². The van der Waals surface area contributed by atoms with Crippen molar-refractivity contribution in [2.75, 3.05) is 19.4 Å². The molecule has 1 unspecified atom stereocenters. The maximum Gasteiger partial charge on any atom is 0.165 e. The minimum atomic E-state index is -0.282. The minimum Gasteiger partial charge on any atom is -0.494 e. The Hall–Kier alpha value is -0.740. The lowest BCUT2D eigenvalue weighted by atomic mass is 10.1. The van der Waals surface area contributed by atoms with Crippen LogP contribution in [0, 0.1) is 5.82 Å². The van der Waals surface area contributed by atoms with Gasteiger partial charge in [0.25, 0.3) is 0 Å². The molecular formula is C16H26FNOS. The van der Waals surface area contributed by atoms with E-state index in [-0.39, 0.29) is 5.82 Å². The van der Waals surface area contributed by atoms with Crippen molar-refractivity contribution < 1.29 is 9.13 Å². The van der Waals surface area contributed by atoms with Gasteiger partial charge in [0.15, 0.2) is 11.6 Å². The van der Waals surface area contributed by atoms with Gasteiger partial charge in [-0.15, -0.1) is 0 Å². The SMILES string of the molecule is CCCNC(CSC(C)C)Cc1ccc(OC)c(F)c1. The van der Waals surface area contributed by atoms with E-state index < -0.39 is 0 Å². The monoisotopic (exact) mass is 299 g/mol. The second kappa shape index (κ2) is 9.24. The highest BCUT2D eigenvalue weighted by Crippen LogP contribution is 2.20. The molecule has 0 saturated heterocycles. The zero-order valence-electron chi connectivity index (χ0n) is 12.9. The predicted octanol–water partition coefficient (Wildman–Crippen LogP) is 3.89. The van der Waals surface area contributed by atoms with E-state index in [1.165, 1.54) is 7.11 Å². The first kappa shape index (κ1) is 17.3. The molecule has 1 N–H and O–H groups in total. The molecule has 0 saturated carbocycles. The van der Waals surface area contributed by atoms with Gasteiger partial charge >= 0.3 is 0 Å². The molecule has 0 radical (unpaired) electrons. The van der Waals surface area contributed by atoms with Crippen LogP contribution in [0.25, 0.3) is 0 Å². The van der Waals surface area contributed by atoms with Crippen LogP contribution in [-0.4, -0.2) is 30.7 Å². The van der Waals surface area contributed by atoms with Crippen molar-refractivity contribution in [3.05, 3.63) is 29.6 Å². The molecule has 114 valence electrons. The average Bonchev–Trinajstić information content (AvgIpc) is 2.42. The number of nitrogens with one attached hydrogen (secondary N) is 1. The average molecular weight is 299 g/mol. The maximum atomic E-state index is 13.7. The molecule has 0 aliphatic heterocycles. The molecule has 0 fully saturated rings. The summed E-state index contributed by atoms with van der Waals surface area (Å²) in [7, 11) is 1.49. The fourth-order valence-electron chi connectivity index (χ4n) is 1.97. The van der Waals surface area contributed by atoms with Gasteiger partial charge in [-0.25, -0.2) is 4.39 Å². The lowest BCUT2D eigenvalue weighted by Gasteiger charge is -2.19. The molecule has 1 atom stereocenters. The first-order valence-corrected chi connectivity index (χ1v) is 8.29. The van der Waals surface area contributed by atoms with E-state index in [0.29, 0.717) is 17.0 Å². The summed E-state index contributed by atoms with van der Waals surface area (Å²) < 4.78 is 18.7. The van der Waals surface area contributed by atoms with Gasteiger partial charge in [-0.1, -0.05) is 26.8 Å². The summed E-state index contributed by atoms with van der Waals surface area (Å²) in [5.74, 6) is 1.07. The van der Waals surface area contributed by atoms with E-state index in [2.05, 4.69) is 26.1 Å². The normalized spacial score (nSPS) is 12.7. The first-order valence-electron chi connectivity index (χ1n) is 7.24. The Morgan fingerprint density at radius 3 is 2.65 bits per heavy atom. The standard InChI is InChI=1S/C16H26FNOS/c1-5-8-18-14(11-20-12(2)3)9-13-6-7-16(19-4)15(17)10-13/h6-7,10,12,14,18H,5,8-9,11H2,1-4H3. The summed E-state index contributed by atoms with van der Waals surface area (Å²) >= 11 is 1.94. The van der Waals surface area contributed by atoms with Crippen LogP contribution in [0.2, 0.25) is 0 Å². The van der Waals surface area contributed by atoms with Crippen LogP contribution < -0.4 is 10.1 Å². The predicted molar refractivity (Wildman–Crippen MR) is 86.3 cm³/mol. The quantitative estimate of drug-likeness (QED) is 0.747. The Kier molecular flexibility index (Phi) is 8.00. The van der Waals surface area contributed by atoms with Gasteiger partial charge in [-0.2, -0.15) is 11.8 Å². The number of thioether (sulfide) groups is 1. The van der Waals surface area contributed by atoms with Gasteiger partial charge in [0.05, 0.1) is 7.11 Å². The van der Waals surface area contributed by atoms with Gasteiger partial charge in [-0.05, 0) is 42.3 Å². The van der Waals surface area contributed by atoms with Gasteiger partial charge in [0.2, 0.25) is 0 Å². The van der Waals surface area contributed by atoms with Crippen LogP contribution in [0.4, 0.5) is 4.39 Å². The molecule has 0 aliphatic carbocycles. The minimum absolute atomic E-state index is 0.282. The Morgan fingerprint density at radius 2 is 2.10 bits per heavy atom. The van der Waals surface area contributed by atoms with Crippen LogP contribution in [0.3, 0.4) is 0 Å². The summed E-state index contributed by atoms with van der Waals surface area (Å²) in [4.78, 5) is 0. The summed E-state index contributed by atoms with van der Waals surface area (Å²) in [6.07, 6.45) is 1.96. The van der Waals surface area contributed by atoms with Gasteiger partial charge in [-0.3, -0.25) is 0 Å².